The van der Waals surface area contributed by atoms with Crippen LogP contribution < -0.4 is 14.8 Å². The first-order valence-electron chi connectivity index (χ1n) is 10.4. The predicted octanol–water partition coefficient (Wildman–Crippen LogP) is 3.40. The number of amides is 1. The van der Waals surface area contributed by atoms with Gasteiger partial charge >= 0.3 is 16.4 Å². The summed E-state index contributed by atoms with van der Waals surface area (Å²) in [6.07, 6.45) is -1.85. The van der Waals surface area contributed by atoms with Crippen LogP contribution in [0.2, 0.25) is 0 Å². The van der Waals surface area contributed by atoms with Crippen molar-refractivity contribution in [3.8, 4) is 11.5 Å². The van der Waals surface area contributed by atoms with Crippen molar-refractivity contribution < 1.29 is 35.9 Å². The molecule has 1 aliphatic heterocycles. The van der Waals surface area contributed by atoms with Gasteiger partial charge in [-0.05, 0) is 55.2 Å². The second-order valence-electron chi connectivity index (χ2n) is 7.89. The van der Waals surface area contributed by atoms with Gasteiger partial charge in [0, 0.05) is 12.1 Å². The molecule has 0 spiro atoms. The van der Waals surface area contributed by atoms with E-state index in [0.717, 1.165) is 29.3 Å². The Morgan fingerprint density at radius 2 is 1.86 bits per heavy atom. The quantitative estimate of drug-likeness (QED) is 0.612. The van der Waals surface area contributed by atoms with Crippen LogP contribution in [0.15, 0.2) is 52.6 Å². The van der Waals surface area contributed by atoms with Gasteiger partial charge in [-0.3, -0.25) is 4.79 Å². The Hall–Kier alpha value is -3.61. The Balaban J connectivity index is 1.72. The first kappa shape index (κ1) is 24.5. The van der Waals surface area contributed by atoms with Gasteiger partial charge in [-0.15, -0.1) is 4.40 Å². The van der Waals surface area contributed by atoms with Gasteiger partial charge in [0.05, 0.1) is 19.9 Å². The van der Waals surface area contributed by atoms with Crippen LogP contribution in [0, 0.1) is 5.92 Å². The normalized spacial score (nSPS) is 17.3. The van der Waals surface area contributed by atoms with E-state index in [0.29, 0.717) is 17.1 Å². The number of benzene rings is 1. The Kier molecular flexibility index (Phi) is 6.45. The SMILES string of the molecule is COc1ccc(C2=NS(=O)(=O)N(CC3CC3)C(C(=O)Nc3cccc(C(F)(F)F)n3)=C2)cc1OC. The molecule has 186 valence electrons. The van der Waals surface area contributed by atoms with Gasteiger partial charge in [-0.25, -0.2) is 9.29 Å². The Labute approximate surface area is 199 Å². The molecule has 1 saturated carbocycles. The maximum atomic E-state index is 13.1. The first-order chi connectivity index (χ1) is 16.5. The van der Waals surface area contributed by atoms with E-state index in [2.05, 4.69) is 14.7 Å². The number of allylic oxidation sites excluding steroid dienone is 1. The molecule has 35 heavy (non-hydrogen) atoms. The van der Waals surface area contributed by atoms with Gasteiger partial charge < -0.3 is 14.8 Å². The summed E-state index contributed by atoms with van der Waals surface area (Å²) >= 11 is 0. The van der Waals surface area contributed by atoms with E-state index in [1.165, 1.54) is 32.4 Å². The summed E-state index contributed by atoms with van der Waals surface area (Å²) in [6, 6.07) is 7.65. The molecule has 1 N–H and O–H groups in total. The van der Waals surface area contributed by atoms with E-state index in [9.17, 15) is 26.4 Å². The van der Waals surface area contributed by atoms with Crippen molar-refractivity contribution >= 4 is 27.6 Å². The average Bonchev–Trinajstić information content (AvgIpc) is 3.63. The number of ether oxygens (including phenoxy) is 2. The molecule has 0 saturated heterocycles. The number of nitrogens with zero attached hydrogens (tertiary/aromatic N) is 3. The molecule has 0 unspecified atom stereocenters. The highest BCUT2D eigenvalue weighted by atomic mass is 32.2. The van der Waals surface area contributed by atoms with E-state index in [-0.39, 0.29) is 29.7 Å². The fourth-order valence-corrected chi connectivity index (χ4v) is 4.69. The molecule has 0 radical (unpaired) electrons. The summed E-state index contributed by atoms with van der Waals surface area (Å²) in [5.41, 5.74) is -1.18. The van der Waals surface area contributed by atoms with Crippen LogP contribution in [-0.4, -0.2) is 50.1 Å². The van der Waals surface area contributed by atoms with Crippen LogP contribution >= 0.6 is 0 Å². The van der Waals surface area contributed by atoms with E-state index in [1.54, 1.807) is 12.1 Å². The van der Waals surface area contributed by atoms with Crippen molar-refractivity contribution in [3.05, 3.63) is 59.4 Å². The van der Waals surface area contributed by atoms with Gasteiger partial charge in [0.2, 0.25) is 0 Å². The maximum Gasteiger partial charge on any atom is 0.433 e. The lowest BCUT2D eigenvalue weighted by atomic mass is 10.1. The lowest BCUT2D eigenvalue weighted by Gasteiger charge is -2.27. The molecule has 0 bridgehead atoms. The number of rotatable bonds is 7. The summed E-state index contributed by atoms with van der Waals surface area (Å²) in [4.78, 5) is 16.5. The van der Waals surface area contributed by atoms with Crippen molar-refractivity contribution in [2.45, 2.75) is 19.0 Å². The number of alkyl halides is 3. The molecule has 2 heterocycles. The third-order valence-electron chi connectivity index (χ3n) is 5.35. The number of carbonyl (C=O) groups is 1. The summed E-state index contributed by atoms with van der Waals surface area (Å²) < 4.78 is 80.3. The van der Waals surface area contributed by atoms with E-state index >= 15 is 0 Å². The highest BCUT2D eigenvalue weighted by Gasteiger charge is 2.38. The smallest absolute Gasteiger partial charge is 0.433 e. The summed E-state index contributed by atoms with van der Waals surface area (Å²) in [6.45, 7) is 0.0281. The fraction of sp³-hybridized carbons (Fsp3) is 0.318. The van der Waals surface area contributed by atoms with Gasteiger partial charge in [-0.1, -0.05) is 6.07 Å². The summed E-state index contributed by atoms with van der Waals surface area (Å²) in [7, 11) is -1.45. The molecule has 4 rings (SSSR count). The zero-order valence-corrected chi connectivity index (χ0v) is 19.5. The van der Waals surface area contributed by atoms with Crippen molar-refractivity contribution in [1.82, 2.24) is 9.29 Å². The Morgan fingerprint density at radius 1 is 1.14 bits per heavy atom. The summed E-state index contributed by atoms with van der Waals surface area (Å²) in [5.74, 6) is -0.523. The number of hydrogen-bond acceptors (Lipinski definition) is 6. The molecule has 1 aromatic heterocycles. The number of anilines is 1. The average molecular weight is 510 g/mol. The fourth-order valence-electron chi connectivity index (χ4n) is 3.41. The molecule has 1 fully saturated rings. The standard InChI is InChI=1S/C22H21F3N4O5S/c1-33-17-9-8-14(10-18(17)34-2)15-11-16(29(12-13-6-7-13)35(31,32)28-15)21(30)27-20-5-3-4-19(26-20)22(23,24)25/h3-5,8-11,13H,6-7,12H2,1-2H3,(H,26,27,30). The number of nitrogens with one attached hydrogen (secondary N) is 1. The zero-order chi connectivity index (χ0) is 25.4. The monoisotopic (exact) mass is 510 g/mol. The maximum absolute atomic E-state index is 13.1. The van der Waals surface area contributed by atoms with Gasteiger partial charge in [-0.2, -0.15) is 21.6 Å². The number of aromatic nitrogens is 1. The van der Waals surface area contributed by atoms with Crippen LogP contribution in [0.4, 0.5) is 19.0 Å². The molecule has 13 heteroatoms. The zero-order valence-electron chi connectivity index (χ0n) is 18.7. The first-order valence-corrected chi connectivity index (χ1v) is 11.8. The number of pyridine rings is 1. The lowest BCUT2D eigenvalue weighted by Crippen LogP contribution is -2.39. The molecular formula is C22H21F3N4O5S. The van der Waals surface area contributed by atoms with Gasteiger partial charge in [0.1, 0.15) is 17.2 Å². The number of carbonyl (C=O) groups excluding carboxylic acids is 1. The van der Waals surface area contributed by atoms with E-state index in [4.69, 9.17) is 9.47 Å². The van der Waals surface area contributed by atoms with Crippen LogP contribution in [0.1, 0.15) is 24.1 Å². The molecule has 1 aromatic carbocycles. The minimum Gasteiger partial charge on any atom is -0.493 e. The number of hydrogen-bond donors (Lipinski definition) is 1. The molecular weight excluding hydrogens is 489 g/mol. The van der Waals surface area contributed by atoms with Crippen LogP contribution in [0.5, 0.6) is 11.5 Å². The highest BCUT2D eigenvalue weighted by Crippen LogP contribution is 2.35. The minimum absolute atomic E-state index is 0.0281. The van der Waals surface area contributed by atoms with Crippen LogP contribution in [0.3, 0.4) is 0 Å². The van der Waals surface area contributed by atoms with Gasteiger partial charge in [0.25, 0.3) is 5.91 Å². The van der Waals surface area contributed by atoms with Crippen molar-refractivity contribution in [2.24, 2.45) is 10.3 Å². The number of methoxy groups -OCH3 is 2. The third kappa shape index (κ3) is 5.39. The molecule has 0 atom stereocenters. The van der Waals surface area contributed by atoms with Crippen molar-refractivity contribution in [3.63, 3.8) is 0 Å². The predicted molar refractivity (Wildman–Crippen MR) is 120 cm³/mol. The van der Waals surface area contributed by atoms with Gasteiger partial charge in [0.15, 0.2) is 11.5 Å². The minimum atomic E-state index is -4.71. The molecule has 2 aliphatic rings. The van der Waals surface area contributed by atoms with Crippen molar-refractivity contribution in [2.75, 3.05) is 26.1 Å². The van der Waals surface area contributed by atoms with Crippen LogP contribution in [-0.2, 0) is 21.2 Å². The summed E-state index contributed by atoms with van der Waals surface area (Å²) in [5, 5.41) is 2.27. The molecule has 1 amide bonds. The second kappa shape index (κ2) is 9.21. The second-order valence-corrected chi connectivity index (χ2v) is 9.41. The molecule has 9 nitrogen and oxygen atoms in total. The largest absolute Gasteiger partial charge is 0.493 e. The van der Waals surface area contributed by atoms with Crippen molar-refractivity contribution in [1.29, 1.82) is 0 Å². The van der Waals surface area contributed by atoms with E-state index < -0.39 is 28.0 Å². The number of halogens is 3. The Bertz CT molecular complexity index is 1320. The Morgan fingerprint density at radius 3 is 2.49 bits per heavy atom. The lowest BCUT2D eigenvalue weighted by molar-refractivity contribution is -0.141. The van der Waals surface area contributed by atoms with E-state index in [1.807, 2.05) is 0 Å². The third-order valence-corrected chi connectivity index (χ3v) is 6.68. The topological polar surface area (TPSA) is 110 Å². The molecule has 2 aromatic rings. The van der Waals surface area contributed by atoms with Crippen LogP contribution in [0.25, 0.3) is 0 Å². The highest BCUT2D eigenvalue weighted by molar-refractivity contribution is 7.88. The molecule has 1 aliphatic carbocycles.